The molecule has 34 heavy (non-hydrogen) atoms. The van der Waals surface area contributed by atoms with Crippen molar-refractivity contribution >= 4 is 44.6 Å². The number of hydrogen-bond donors (Lipinski definition) is 2. The van der Waals surface area contributed by atoms with Crippen molar-refractivity contribution in [2.24, 2.45) is 5.92 Å². The summed E-state index contributed by atoms with van der Waals surface area (Å²) in [6.07, 6.45) is 0.409. The molecular weight excluding hydrogens is 482 g/mol. The predicted octanol–water partition coefficient (Wildman–Crippen LogP) is 4.25. The lowest BCUT2D eigenvalue weighted by atomic mass is 10.0. The third kappa shape index (κ3) is 6.05. The van der Waals surface area contributed by atoms with Crippen molar-refractivity contribution in [2.45, 2.75) is 32.2 Å². The Labute approximate surface area is 209 Å². The summed E-state index contributed by atoms with van der Waals surface area (Å²) in [5.74, 6) is -1.03. The first kappa shape index (κ1) is 26.4. The van der Waals surface area contributed by atoms with Gasteiger partial charge in [-0.2, -0.15) is 0 Å². The van der Waals surface area contributed by atoms with E-state index in [9.17, 15) is 9.00 Å². The van der Waals surface area contributed by atoms with Gasteiger partial charge in [-0.25, -0.2) is 0 Å². The van der Waals surface area contributed by atoms with Gasteiger partial charge < -0.3 is 4.74 Å². The molecule has 4 nitrogen and oxygen atoms in total. The molecule has 3 aromatic rings. The van der Waals surface area contributed by atoms with E-state index < -0.39 is 29.5 Å². The quantitative estimate of drug-likeness (QED) is 0.194. The highest BCUT2D eigenvalue weighted by molar-refractivity contribution is 8.23. The minimum atomic E-state index is -3.52. The molecule has 0 aliphatic rings. The molecule has 0 saturated carbocycles. The average molecular weight is 516 g/mol. The number of ether oxygens (including phenoxy) is 1. The van der Waals surface area contributed by atoms with Crippen molar-refractivity contribution in [3.8, 4) is 0 Å². The van der Waals surface area contributed by atoms with E-state index in [4.69, 9.17) is 15.4 Å². The van der Waals surface area contributed by atoms with Crippen molar-refractivity contribution in [1.82, 2.24) is 4.39 Å². The highest BCUT2D eigenvalue weighted by Crippen LogP contribution is 2.36. The number of hydrogen-bond acceptors (Lipinski definition) is 3. The number of nitrogens with one attached hydrogen (secondary N) is 1. The molecule has 0 saturated heterocycles. The fourth-order valence-electron chi connectivity index (χ4n) is 4.57. The number of benzene rings is 3. The Hall–Kier alpha value is -2.25. The van der Waals surface area contributed by atoms with Gasteiger partial charge in [-0.05, 0) is 38.1 Å². The molecule has 0 heterocycles. The van der Waals surface area contributed by atoms with E-state index in [-0.39, 0.29) is 10.8 Å². The van der Waals surface area contributed by atoms with Crippen molar-refractivity contribution in [2.75, 3.05) is 12.9 Å². The summed E-state index contributed by atoms with van der Waals surface area (Å²) in [5, 5.41) is 1.90. The Kier molecular flexibility index (Phi) is 8.52. The van der Waals surface area contributed by atoms with Crippen LogP contribution in [0.25, 0.3) is 0 Å². The van der Waals surface area contributed by atoms with Crippen LogP contribution >= 0.6 is 10.7 Å². The number of esters is 1. The third-order valence-electron chi connectivity index (χ3n) is 6.19. The van der Waals surface area contributed by atoms with Crippen molar-refractivity contribution in [1.29, 1.82) is 0 Å². The van der Waals surface area contributed by atoms with Gasteiger partial charge >= 0.3 is 5.97 Å². The van der Waals surface area contributed by atoms with Gasteiger partial charge in [-0.15, -0.1) is 0 Å². The second-order valence-electron chi connectivity index (χ2n) is 9.59. The largest absolute Gasteiger partial charge is 0.469 e. The smallest absolute Gasteiger partial charge is 0.309 e. The molecule has 0 fully saturated rings. The normalized spacial score (nSPS) is 13.8. The lowest BCUT2D eigenvalue weighted by Crippen LogP contribution is -2.75. The molecule has 1 atom stereocenters. The maximum atomic E-state index is 14.1. The van der Waals surface area contributed by atoms with Gasteiger partial charge in [0.1, 0.15) is 0 Å². The van der Waals surface area contributed by atoms with Crippen LogP contribution < -0.4 is 14.8 Å². The first-order chi connectivity index (χ1) is 16.1. The first-order valence-corrected chi connectivity index (χ1v) is 16.2. The van der Waals surface area contributed by atoms with Gasteiger partial charge in [0.25, 0.3) is 0 Å². The zero-order chi connectivity index (χ0) is 24.8. The molecule has 0 radical (unpaired) electrons. The van der Waals surface area contributed by atoms with Crippen LogP contribution in [-0.2, 0) is 25.3 Å². The molecule has 1 unspecified atom stereocenters. The van der Waals surface area contributed by atoms with E-state index in [0.717, 1.165) is 15.9 Å². The molecule has 0 amide bonds. The summed E-state index contributed by atoms with van der Waals surface area (Å²) in [6.45, 7) is 6.47. The zero-order valence-corrected chi connectivity index (χ0v) is 22.9. The Bertz CT molecular complexity index is 1080. The highest BCUT2D eigenvalue weighted by atomic mass is 35.7. The molecular formula is C27H34ClNO3SSi. The number of carbonyl (C=O) groups excluding carboxylic acids is 1. The standard InChI is InChI=1S/C27H34ClNO3SSi/c1-27(2,3)34(24-16-10-6-11-17-24,25-18-12-7-13-19-25)29-33(28,31)21-23(26(30)32-4)20-22-14-8-5-9-15-22/h5-19,23,33H,20-21H2,1-4H3,(H,29,31). The summed E-state index contributed by atoms with van der Waals surface area (Å²) >= 11 is 0. The molecule has 182 valence electrons. The summed E-state index contributed by atoms with van der Waals surface area (Å²) < 4.78 is 22.7. The fourth-order valence-corrected chi connectivity index (χ4v) is 15.3. The molecule has 3 rings (SSSR count). The zero-order valence-electron chi connectivity index (χ0n) is 20.2. The van der Waals surface area contributed by atoms with Gasteiger partial charge in [0.2, 0.25) is 8.24 Å². The molecule has 1 N–H and O–H groups in total. The molecule has 0 aromatic heterocycles. The minimum absolute atomic E-state index is 0.000615. The van der Waals surface area contributed by atoms with Crippen LogP contribution in [0.15, 0.2) is 91.0 Å². The van der Waals surface area contributed by atoms with Gasteiger partial charge in [0, 0.05) is 15.1 Å². The van der Waals surface area contributed by atoms with Crippen molar-refractivity contribution in [3.05, 3.63) is 96.6 Å². The Balaban J connectivity index is 2.05. The van der Waals surface area contributed by atoms with E-state index in [1.807, 2.05) is 66.7 Å². The summed E-state index contributed by atoms with van der Waals surface area (Å²) in [4.78, 5) is 12.7. The van der Waals surface area contributed by atoms with Crippen LogP contribution in [0.2, 0.25) is 5.04 Å². The van der Waals surface area contributed by atoms with Crippen LogP contribution in [0, 0.1) is 5.92 Å². The fraction of sp³-hybridized carbons (Fsp3) is 0.296. The summed E-state index contributed by atoms with van der Waals surface area (Å²) in [7, 11) is 1.81. The van der Waals surface area contributed by atoms with Crippen LogP contribution in [0.4, 0.5) is 0 Å². The molecule has 0 bridgehead atoms. The lowest BCUT2D eigenvalue weighted by molar-refractivity contribution is -0.144. The number of carbonyl (C=O) groups is 1. The van der Waals surface area contributed by atoms with Crippen LogP contribution in [0.5, 0.6) is 0 Å². The van der Waals surface area contributed by atoms with E-state index >= 15 is 0 Å². The van der Waals surface area contributed by atoms with Crippen molar-refractivity contribution < 1.29 is 13.7 Å². The molecule has 0 spiro atoms. The average Bonchev–Trinajstić information content (AvgIpc) is 2.82. The Morgan fingerprint density at radius 1 is 0.912 bits per heavy atom. The Morgan fingerprint density at radius 2 is 1.35 bits per heavy atom. The maximum Gasteiger partial charge on any atom is 0.309 e. The monoisotopic (exact) mass is 515 g/mol. The van der Waals surface area contributed by atoms with E-state index in [1.165, 1.54) is 7.11 Å². The highest BCUT2D eigenvalue weighted by Gasteiger charge is 2.50. The van der Waals surface area contributed by atoms with Crippen molar-refractivity contribution in [3.63, 3.8) is 0 Å². The number of methoxy groups -OCH3 is 1. The number of thiol groups is 1. The van der Waals surface area contributed by atoms with Crippen LogP contribution in [-0.4, -0.2) is 31.3 Å². The molecule has 0 aliphatic carbocycles. The van der Waals surface area contributed by atoms with Crippen LogP contribution in [0.1, 0.15) is 26.3 Å². The first-order valence-electron chi connectivity index (χ1n) is 11.4. The summed E-state index contributed by atoms with van der Waals surface area (Å²) in [5.41, 5.74) is 0.972. The topological polar surface area (TPSA) is 55.4 Å². The van der Waals surface area contributed by atoms with E-state index in [1.54, 1.807) is 0 Å². The van der Waals surface area contributed by atoms with Gasteiger partial charge in [-0.1, -0.05) is 112 Å². The predicted molar refractivity (Wildman–Crippen MR) is 147 cm³/mol. The summed E-state index contributed by atoms with van der Waals surface area (Å²) in [6, 6.07) is 29.9. The number of rotatable bonds is 9. The van der Waals surface area contributed by atoms with E-state index in [0.29, 0.717) is 6.42 Å². The van der Waals surface area contributed by atoms with Gasteiger partial charge in [-0.3, -0.25) is 13.4 Å². The van der Waals surface area contributed by atoms with E-state index in [2.05, 4.69) is 49.4 Å². The lowest BCUT2D eigenvalue weighted by Gasteiger charge is -2.46. The van der Waals surface area contributed by atoms with Gasteiger partial charge in [0.05, 0.1) is 13.0 Å². The minimum Gasteiger partial charge on any atom is -0.469 e. The second kappa shape index (κ2) is 11.0. The molecule has 7 heteroatoms. The van der Waals surface area contributed by atoms with Gasteiger partial charge in [0.15, 0.2) is 0 Å². The molecule has 3 aromatic carbocycles. The number of halogens is 1. The Morgan fingerprint density at radius 3 is 1.76 bits per heavy atom. The maximum absolute atomic E-state index is 14.1. The van der Waals surface area contributed by atoms with Crippen LogP contribution in [0.3, 0.4) is 0 Å². The second-order valence-corrected chi connectivity index (χ2v) is 17.9. The third-order valence-corrected chi connectivity index (χ3v) is 15.6. The molecule has 0 aliphatic heterocycles. The SMILES string of the molecule is COC(=O)C(Cc1ccccc1)C[SH](=O)(Cl)N[Si](c1ccccc1)(c1ccccc1)C(C)(C)C.